The summed E-state index contributed by atoms with van der Waals surface area (Å²) >= 11 is 0. The number of hydrogen-bond donors (Lipinski definition) is 1. The van der Waals surface area contributed by atoms with Crippen LogP contribution in [0.5, 0.6) is 0 Å². The first-order valence-corrected chi connectivity index (χ1v) is 6.51. The quantitative estimate of drug-likeness (QED) is 0.844. The van der Waals surface area contributed by atoms with Gasteiger partial charge in [-0.05, 0) is 12.8 Å². The highest BCUT2D eigenvalue weighted by Crippen LogP contribution is 2.32. The fourth-order valence-corrected chi connectivity index (χ4v) is 2.75. The minimum absolute atomic E-state index is 0.00495. The van der Waals surface area contributed by atoms with Gasteiger partial charge < -0.3 is 15.0 Å². The molecule has 0 amide bonds. The molecule has 5 heteroatoms. The first-order chi connectivity index (χ1) is 8.34. The molecular formula is C12H19N3O2. The topological polar surface area (TPSA) is 74.2 Å². The largest absolute Gasteiger partial charge is 0.379 e. The Hall–Kier alpha value is -0.940. The highest BCUT2D eigenvalue weighted by molar-refractivity contribution is 5.04. The van der Waals surface area contributed by atoms with Gasteiger partial charge in [0.1, 0.15) is 0 Å². The summed E-state index contributed by atoms with van der Waals surface area (Å²) in [4.78, 5) is 4.53. The smallest absolute Gasteiger partial charge is 0.233 e. The monoisotopic (exact) mass is 237 g/mol. The molecule has 0 aromatic carbocycles. The normalized spacial score (nSPS) is 30.9. The van der Waals surface area contributed by atoms with Crippen molar-refractivity contribution in [3.8, 4) is 0 Å². The van der Waals surface area contributed by atoms with Crippen LogP contribution in [0.3, 0.4) is 0 Å². The minimum Gasteiger partial charge on any atom is -0.379 e. The van der Waals surface area contributed by atoms with Crippen molar-refractivity contribution >= 4 is 0 Å². The lowest BCUT2D eigenvalue weighted by Gasteiger charge is -2.17. The molecule has 2 fully saturated rings. The maximum atomic E-state index is 5.95. The number of nitrogens with zero attached hydrogens (tertiary/aromatic N) is 2. The van der Waals surface area contributed by atoms with Crippen molar-refractivity contribution in [1.29, 1.82) is 0 Å². The molecular weight excluding hydrogens is 218 g/mol. The van der Waals surface area contributed by atoms with Gasteiger partial charge in [-0.1, -0.05) is 24.4 Å². The summed E-state index contributed by atoms with van der Waals surface area (Å²) in [5.74, 6) is 2.11. The molecule has 3 rings (SSSR count). The Labute approximate surface area is 101 Å². The Morgan fingerprint density at radius 1 is 1.12 bits per heavy atom. The van der Waals surface area contributed by atoms with Crippen LogP contribution in [-0.2, 0) is 4.74 Å². The molecule has 1 aromatic heterocycles. The second kappa shape index (κ2) is 4.74. The summed E-state index contributed by atoms with van der Waals surface area (Å²) in [6.45, 7) is 1.19. The third-order valence-corrected chi connectivity index (χ3v) is 3.87. The number of hydrogen-bond acceptors (Lipinski definition) is 5. The van der Waals surface area contributed by atoms with Crippen molar-refractivity contribution in [2.24, 2.45) is 5.73 Å². The number of aromatic nitrogens is 2. The summed E-state index contributed by atoms with van der Waals surface area (Å²) in [5.41, 5.74) is 5.95. The SMILES string of the molecule is NC1COCC1c1nc(C2CCCCC2)no1. The zero-order valence-electron chi connectivity index (χ0n) is 9.97. The number of nitrogens with two attached hydrogens (primary N) is 1. The Morgan fingerprint density at radius 2 is 1.94 bits per heavy atom. The van der Waals surface area contributed by atoms with E-state index in [9.17, 15) is 0 Å². The molecule has 2 N–H and O–H groups in total. The van der Waals surface area contributed by atoms with E-state index in [4.69, 9.17) is 15.0 Å². The highest BCUT2D eigenvalue weighted by atomic mass is 16.5. The van der Waals surface area contributed by atoms with Crippen LogP contribution in [0.4, 0.5) is 0 Å². The maximum absolute atomic E-state index is 5.95. The standard InChI is InChI=1S/C12H19N3O2/c13-10-7-16-6-9(10)12-14-11(15-17-12)8-4-2-1-3-5-8/h8-10H,1-7,13H2. The first kappa shape index (κ1) is 11.2. The molecule has 2 atom stereocenters. The minimum atomic E-state index is -0.00495. The van der Waals surface area contributed by atoms with Gasteiger partial charge >= 0.3 is 0 Å². The van der Waals surface area contributed by atoms with Crippen LogP contribution < -0.4 is 5.73 Å². The zero-order chi connectivity index (χ0) is 11.7. The van der Waals surface area contributed by atoms with Crippen molar-refractivity contribution in [2.45, 2.75) is 50.0 Å². The molecule has 1 saturated carbocycles. The van der Waals surface area contributed by atoms with Gasteiger partial charge in [0.15, 0.2) is 5.82 Å². The maximum Gasteiger partial charge on any atom is 0.233 e. The lowest BCUT2D eigenvalue weighted by molar-refractivity contribution is 0.187. The van der Waals surface area contributed by atoms with Crippen molar-refractivity contribution in [2.75, 3.05) is 13.2 Å². The number of rotatable bonds is 2. The molecule has 5 nitrogen and oxygen atoms in total. The first-order valence-electron chi connectivity index (χ1n) is 6.51. The summed E-state index contributed by atoms with van der Waals surface area (Å²) < 4.78 is 10.7. The third kappa shape index (κ3) is 2.21. The fourth-order valence-electron chi connectivity index (χ4n) is 2.75. The van der Waals surface area contributed by atoms with Gasteiger partial charge in [-0.3, -0.25) is 0 Å². The van der Waals surface area contributed by atoms with Crippen molar-refractivity contribution in [3.63, 3.8) is 0 Å². The van der Waals surface area contributed by atoms with Gasteiger partial charge in [0.25, 0.3) is 0 Å². The Balaban J connectivity index is 1.73. The summed E-state index contributed by atoms with van der Waals surface area (Å²) in [5, 5.41) is 4.12. The summed E-state index contributed by atoms with van der Waals surface area (Å²) in [6, 6.07) is -0.00495. The van der Waals surface area contributed by atoms with E-state index in [0.29, 0.717) is 25.0 Å². The van der Waals surface area contributed by atoms with Crippen molar-refractivity contribution in [1.82, 2.24) is 10.1 Å². The van der Waals surface area contributed by atoms with E-state index in [1.807, 2.05) is 0 Å². The molecule has 1 aliphatic heterocycles. The molecule has 0 bridgehead atoms. The van der Waals surface area contributed by atoms with E-state index < -0.39 is 0 Å². The fraction of sp³-hybridized carbons (Fsp3) is 0.833. The van der Waals surface area contributed by atoms with E-state index in [1.165, 1.54) is 32.1 Å². The second-order valence-corrected chi connectivity index (χ2v) is 5.13. The predicted molar refractivity (Wildman–Crippen MR) is 61.7 cm³/mol. The molecule has 1 aliphatic carbocycles. The van der Waals surface area contributed by atoms with Crippen LogP contribution in [0.2, 0.25) is 0 Å². The van der Waals surface area contributed by atoms with Gasteiger partial charge in [0.2, 0.25) is 5.89 Å². The third-order valence-electron chi connectivity index (χ3n) is 3.87. The van der Waals surface area contributed by atoms with E-state index in [0.717, 1.165) is 5.82 Å². The summed E-state index contributed by atoms with van der Waals surface area (Å²) in [6.07, 6.45) is 6.27. The lowest BCUT2D eigenvalue weighted by Crippen LogP contribution is -2.27. The van der Waals surface area contributed by atoms with E-state index in [1.54, 1.807) is 0 Å². The number of ether oxygens (including phenoxy) is 1. The average molecular weight is 237 g/mol. The van der Waals surface area contributed by atoms with Gasteiger partial charge in [-0.25, -0.2) is 0 Å². The molecule has 0 radical (unpaired) electrons. The van der Waals surface area contributed by atoms with Crippen LogP contribution in [0.15, 0.2) is 4.52 Å². The van der Waals surface area contributed by atoms with Crippen molar-refractivity contribution in [3.05, 3.63) is 11.7 Å². The molecule has 0 spiro atoms. The summed E-state index contributed by atoms with van der Waals surface area (Å²) in [7, 11) is 0. The molecule has 1 aromatic rings. The molecule has 17 heavy (non-hydrogen) atoms. The van der Waals surface area contributed by atoms with Crippen LogP contribution in [0.25, 0.3) is 0 Å². The highest BCUT2D eigenvalue weighted by Gasteiger charge is 2.32. The molecule has 94 valence electrons. The van der Waals surface area contributed by atoms with Crippen LogP contribution in [0.1, 0.15) is 55.7 Å². The van der Waals surface area contributed by atoms with E-state index >= 15 is 0 Å². The Kier molecular flexibility index (Phi) is 3.11. The van der Waals surface area contributed by atoms with E-state index in [2.05, 4.69) is 10.1 Å². The van der Waals surface area contributed by atoms with E-state index in [-0.39, 0.29) is 12.0 Å². The second-order valence-electron chi connectivity index (χ2n) is 5.13. The van der Waals surface area contributed by atoms with Gasteiger partial charge in [-0.2, -0.15) is 4.98 Å². The molecule has 2 heterocycles. The van der Waals surface area contributed by atoms with Gasteiger partial charge in [0, 0.05) is 12.0 Å². The lowest BCUT2D eigenvalue weighted by atomic mass is 9.89. The van der Waals surface area contributed by atoms with Crippen molar-refractivity contribution < 1.29 is 9.26 Å². The van der Waals surface area contributed by atoms with Gasteiger partial charge in [0.05, 0.1) is 19.1 Å². The Bertz CT molecular complexity index is 374. The average Bonchev–Trinajstić information content (AvgIpc) is 2.98. The molecule has 1 saturated heterocycles. The molecule has 2 aliphatic rings. The molecule has 2 unspecified atom stereocenters. The zero-order valence-corrected chi connectivity index (χ0v) is 9.97. The van der Waals surface area contributed by atoms with Crippen LogP contribution in [-0.4, -0.2) is 29.4 Å². The predicted octanol–water partition coefficient (Wildman–Crippen LogP) is 1.56. The Morgan fingerprint density at radius 3 is 2.65 bits per heavy atom. The van der Waals surface area contributed by atoms with Crippen LogP contribution in [0, 0.1) is 0 Å². The van der Waals surface area contributed by atoms with Crippen LogP contribution >= 0.6 is 0 Å². The van der Waals surface area contributed by atoms with Gasteiger partial charge in [-0.15, -0.1) is 0 Å².